The molecule has 0 spiro atoms. The Kier molecular flexibility index (Phi) is 4.42. The fraction of sp³-hybridized carbons (Fsp3) is 0.188. The number of thiazole rings is 1. The smallest absolute Gasteiger partial charge is 0.253 e. The van der Waals surface area contributed by atoms with Crippen molar-refractivity contribution in [3.63, 3.8) is 0 Å². The molecule has 2 aromatic heterocycles. The zero-order valence-corrected chi connectivity index (χ0v) is 14.5. The van der Waals surface area contributed by atoms with Crippen molar-refractivity contribution in [3.05, 3.63) is 50.2 Å². The number of aromatic amines is 1. The molecule has 1 atom stereocenters. The maximum absolute atomic E-state index is 12.4. The number of ether oxygens (including phenoxy) is 1. The van der Waals surface area contributed by atoms with Crippen LogP contribution < -0.4 is 15.6 Å². The Morgan fingerprint density at radius 2 is 2.25 bits per heavy atom. The second kappa shape index (κ2) is 6.51. The van der Waals surface area contributed by atoms with E-state index in [0.717, 1.165) is 5.39 Å². The number of halogens is 1. The summed E-state index contributed by atoms with van der Waals surface area (Å²) in [5.41, 5.74) is 1.000. The third-order valence-corrected chi connectivity index (χ3v) is 4.70. The van der Waals surface area contributed by atoms with Gasteiger partial charge in [-0.1, -0.05) is 22.9 Å². The van der Waals surface area contributed by atoms with Gasteiger partial charge in [0, 0.05) is 17.0 Å². The molecule has 0 radical (unpaired) electrons. The van der Waals surface area contributed by atoms with Gasteiger partial charge in [-0.25, -0.2) is 4.98 Å². The molecule has 8 heteroatoms. The monoisotopic (exact) mass is 360 g/mol. The van der Waals surface area contributed by atoms with Crippen molar-refractivity contribution < 1.29 is 4.74 Å². The van der Waals surface area contributed by atoms with Crippen molar-refractivity contribution in [3.8, 4) is 11.8 Å². The number of fused-ring (bicyclic) bond motifs is 1. The van der Waals surface area contributed by atoms with Crippen molar-refractivity contribution >= 4 is 39.0 Å². The van der Waals surface area contributed by atoms with Gasteiger partial charge in [-0.05, 0) is 19.1 Å². The van der Waals surface area contributed by atoms with Crippen LogP contribution in [0.3, 0.4) is 0 Å². The fourth-order valence-electron chi connectivity index (χ4n) is 2.36. The van der Waals surface area contributed by atoms with Gasteiger partial charge in [-0.15, -0.1) is 0 Å². The van der Waals surface area contributed by atoms with Crippen LogP contribution in [0, 0.1) is 11.3 Å². The third kappa shape index (κ3) is 3.07. The Balaban J connectivity index is 1.97. The average molecular weight is 361 g/mol. The predicted octanol–water partition coefficient (Wildman–Crippen LogP) is 3.69. The number of methoxy groups -OCH3 is 1. The van der Waals surface area contributed by atoms with E-state index >= 15 is 0 Å². The van der Waals surface area contributed by atoms with E-state index in [2.05, 4.69) is 15.3 Å². The van der Waals surface area contributed by atoms with Crippen LogP contribution in [0.5, 0.6) is 5.75 Å². The van der Waals surface area contributed by atoms with Crippen molar-refractivity contribution in [1.29, 1.82) is 5.26 Å². The highest BCUT2D eigenvalue weighted by Gasteiger charge is 2.14. The van der Waals surface area contributed by atoms with Gasteiger partial charge in [-0.3, -0.25) is 4.79 Å². The molecule has 1 aromatic carbocycles. The van der Waals surface area contributed by atoms with Crippen LogP contribution in [0.1, 0.15) is 23.4 Å². The summed E-state index contributed by atoms with van der Waals surface area (Å²) in [5.74, 6) is 0.505. The Hall–Kier alpha value is -2.56. The van der Waals surface area contributed by atoms with Crippen LogP contribution in [0.2, 0.25) is 5.02 Å². The third-order valence-electron chi connectivity index (χ3n) is 3.57. The SMILES string of the molecule is COc1cc2[nH]c(=O)c([C@H](C)Nc3ncc(C#N)s3)cc2cc1Cl. The number of nitrogens with zero attached hydrogens (tertiary/aromatic N) is 2. The molecule has 2 heterocycles. The molecule has 3 rings (SSSR count). The second-order valence-corrected chi connectivity index (χ2v) is 6.57. The largest absolute Gasteiger partial charge is 0.495 e. The summed E-state index contributed by atoms with van der Waals surface area (Å²) in [6, 6.07) is 6.99. The summed E-state index contributed by atoms with van der Waals surface area (Å²) in [4.78, 5) is 19.8. The number of H-pyrrole nitrogens is 1. The van der Waals surface area contributed by atoms with Gasteiger partial charge in [0.05, 0.1) is 29.9 Å². The van der Waals surface area contributed by atoms with Gasteiger partial charge in [0.1, 0.15) is 16.7 Å². The van der Waals surface area contributed by atoms with Crippen molar-refractivity contribution in [1.82, 2.24) is 9.97 Å². The molecule has 0 fully saturated rings. The summed E-state index contributed by atoms with van der Waals surface area (Å²) in [5, 5.41) is 13.9. The first-order valence-electron chi connectivity index (χ1n) is 7.04. The Morgan fingerprint density at radius 3 is 2.92 bits per heavy atom. The first kappa shape index (κ1) is 16.3. The van der Waals surface area contributed by atoms with Crippen LogP contribution in [0.25, 0.3) is 10.9 Å². The van der Waals surface area contributed by atoms with Crippen LogP contribution in [0.15, 0.2) is 29.2 Å². The van der Waals surface area contributed by atoms with Crippen molar-refractivity contribution in [2.24, 2.45) is 0 Å². The molecule has 24 heavy (non-hydrogen) atoms. The van der Waals surface area contributed by atoms with E-state index in [0.29, 0.717) is 31.9 Å². The lowest BCUT2D eigenvalue weighted by atomic mass is 10.1. The van der Waals surface area contributed by atoms with E-state index in [1.165, 1.54) is 24.6 Å². The fourth-order valence-corrected chi connectivity index (χ4v) is 3.31. The molecule has 0 bridgehead atoms. The van der Waals surface area contributed by atoms with Crippen molar-refractivity contribution in [2.75, 3.05) is 12.4 Å². The summed E-state index contributed by atoms with van der Waals surface area (Å²) in [7, 11) is 1.52. The average Bonchev–Trinajstić information content (AvgIpc) is 3.01. The highest BCUT2D eigenvalue weighted by Crippen LogP contribution is 2.30. The molecule has 122 valence electrons. The quantitative estimate of drug-likeness (QED) is 0.740. The Morgan fingerprint density at radius 1 is 1.46 bits per heavy atom. The van der Waals surface area contributed by atoms with Crippen molar-refractivity contribution in [2.45, 2.75) is 13.0 Å². The number of pyridine rings is 1. The standard InChI is InChI=1S/C16H13ClN4O2S/c1-8(20-16-19-7-10(6-18)24-16)11-3-9-4-12(17)14(23-2)5-13(9)21-15(11)22/h3-5,7-8H,1-2H3,(H,19,20)(H,21,22)/t8-/m0/s1. The number of benzene rings is 1. The summed E-state index contributed by atoms with van der Waals surface area (Å²) < 4.78 is 5.16. The zero-order valence-electron chi connectivity index (χ0n) is 12.9. The van der Waals surface area contributed by atoms with E-state index in [1.54, 1.807) is 18.2 Å². The van der Waals surface area contributed by atoms with Crippen LogP contribution in [-0.2, 0) is 0 Å². The predicted molar refractivity (Wildman–Crippen MR) is 95.0 cm³/mol. The molecular weight excluding hydrogens is 348 g/mol. The topological polar surface area (TPSA) is 90.8 Å². The zero-order chi connectivity index (χ0) is 17.3. The summed E-state index contributed by atoms with van der Waals surface area (Å²) in [6.07, 6.45) is 1.50. The molecule has 0 saturated heterocycles. The number of aromatic nitrogens is 2. The molecule has 3 aromatic rings. The molecule has 0 aliphatic carbocycles. The number of nitrogens with one attached hydrogen (secondary N) is 2. The molecule has 0 saturated carbocycles. The minimum Gasteiger partial charge on any atom is -0.495 e. The highest BCUT2D eigenvalue weighted by atomic mass is 35.5. The van der Waals surface area contributed by atoms with Gasteiger partial charge in [-0.2, -0.15) is 5.26 Å². The van der Waals surface area contributed by atoms with E-state index < -0.39 is 0 Å². The lowest BCUT2D eigenvalue weighted by molar-refractivity contribution is 0.415. The first-order valence-corrected chi connectivity index (χ1v) is 8.24. The van der Waals surface area contributed by atoms with Gasteiger partial charge < -0.3 is 15.0 Å². The van der Waals surface area contributed by atoms with E-state index in [4.69, 9.17) is 21.6 Å². The lowest BCUT2D eigenvalue weighted by Crippen LogP contribution is -2.19. The van der Waals surface area contributed by atoms with Gasteiger partial charge in [0.2, 0.25) is 0 Å². The maximum atomic E-state index is 12.4. The number of hydrogen-bond acceptors (Lipinski definition) is 6. The van der Waals surface area contributed by atoms with Crippen LogP contribution in [-0.4, -0.2) is 17.1 Å². The Labute approximate surface area is 146 Å². The number of nitriles is 1. The Bertz CT molecular complexity index is 1010. The molecule has 0 unspecified atom stereocenters. The molecule has 0 amide bonds. The molecule has 6 nitrogen and oxygen atoms in total. The van der Waals surface area contributed by atoms with E-state index in [1.807, 2.05) is 13.0 Å². The first-order chi connectivity index (χ1) is 11.5. The summed E-state index contributed by atoms with van der Waals surface area (Å²) in [6.45, 7) is 1.86. The van der Waals surface area contributed by atoms with E-state index in [-0.39, 0.29) is 11.6 Å². The van der Waals surface area contributed by atoms with Gasteiger partial charge in [0.25, 0.3) is 5.56 Å². The number of rotatable bonds is 4. The molecule has 2 N–H and O–H groups in total. The maximum Gasteiger partial charge on any atom is 0.253 e. The minimum absolute atomic E-state index is 0.205. The minimum atomic E-state index is -0.281. The normalized spacial score (nSPS) is 11.9. The van der Waals surface area contributed by atoms with E-state index in [9.17, 15) is 4.79 Å². The van der Waals surface area contributed by atoms with Gasteiger partial charge >= 0.3 is 0 Å². The number of anilines is 1. The van der Waals surface area contributed by atoms with Gasteiger partial charge in [0.15, 0.2) is 5.13 Å². The molecular formula is C16H13ClN4O2S. The second-order valence-electron chi connectivity index (χ2n) is 5.14. The summed E-state index contributed by atoms with van der Waals surface area (Å²) >= 11 is 7.39. The molecule has 0 aliphatic heterocycles. The van der Waals surface area contributed by atoms with Crippen LogP contribution >= 0.6 is 22.9 Å². The number of hydrogen-bond donors (Lipinski definition) is 2. The van der Waals surface area contributed by atoms with Crippen LogP contribution in [0.4, 0.5) is 5.13 Å². The lowest BCUT2D eigenvalue weighted by Gasteiger charge is -2.13. The highest BCUT2D eigenvalue weighted by molar-refractivity contribution is 7.16. The molecule has 0 aliphatic rings.